The molecule has 102 valence electrons. The van der Waals surface area contributed by atoms with E-state index in [4.69, 9.17) is 11.5 Å². The largest absolute Gasteiger partial charge is 0.399 e. The highest BCUT2D eigenvalue weighted by Gasteiger charge is 2.30. The van der Waals surface area contributed by atoms with Crippen molar-refractivity contribution in [1.29, 1.82) is 0 Å². The van der Waals surface area contributed by atoms with Crippen molar-refractivity contribution >= 4 is 11.4 Å². The van der Waals surface area contributed by atoms with Crippen molar-refractivity contribution in [2.75, 3.05) is 11.5 Å². The SMILES string of the molecule is Nc1ccc(C2c3ccccc3-c3ccccc32)c(N)c1. The summed E-state index contributed by atoms with van der Waals surface area (Å²) in [6, 6.07) is 22.9. The number of nitrogen functional groups attached to an aromatic ring is 2. The normalized spacial score (nSPS) is 13.0. The minimum atomic E-state index is 0.193. The fourth-order valence-electron chi connectivity index (χ4n) is 3.35. The summed E-state index contributed by atoms with van der Waals surface area (Å²) < 4.78 is 0. The maximum Gasteiger partial charge on any atom is 0.0376 e. The molecule has 4 rings (SSSR count). The maximum absolute atomic E-state index is 6.24. The van der Waals surface area contributed by atoms with Crippen molar-refractivity contribution in [2.45, 2.75) is 5.92 Å². The van der Waals surface area contributed by atoms with Crippen molar-refractivity contribution in [2.24, 2.45) is 0 Å². The van der Waals surface area contributed by atoms with Gasteiger partial charge in [0.05, 0.1) is 0 Å². The van der Waals surface area contributed by atoms with Crippen LogP contribution in [-0.4, -0.2) is 0 Å². The second-order valence-corrected chi connectivity index (χ2v) is 5.50. The summed E-state index contributed by atoms with van der Waals surface area (Å²) in [6.07, 6.45) is 0. The molecule has 0 aromatic heterocycles. The summed E-state index contributed by atoms with van der Waals surface area (Å²) in [5.74, 6) is 0.193. The lowest BCUT2D eigenvalue weighted by molar-refractivity contribution is 1.02. The predicted octanol–water partition coefficient (Wildman–Crippen LogP) is 4.01. The Bertz CT molecular complexity index is 791. The zero-order valence-electron chi connectivity index (χ0n) is 11.6. The smallest absolute Gasteiger partial charge is 0.0376 e. The zero-order chi connectivity index (χ0) is 14.4. The van der Waals surface area contributed by atoms with Gasteiger partial charge in [0.1, 0.15) is 0 Å². The molecule has 0 radical (unpaired) electrons. The first-order chi connectivity index (χ1) is 10.3. The van der Waals surface area contributed by atoms with E-state index in [-0.39, 0.29) is 5.92 Å². The molecule has 1 aliphatic rings. The van der Waals surface area contributed by atoms with Gasteiger partial charge in [-0.05, 0) is 39.9 Å². The molecular formula is C19H16N2. The van der Waals surface area contributed by atoms with E-state index < -0.39 is 0 Å². The number of fused-ring (bicyclic) bond motifs is 3. The number of nitrogens with two attached hydrogens (primary N) is 2. The Kier molecular flexibility index (Phi) is 2.51. The van der Waals surface area contributed by atoms with Crippen molar-refractivity contribution in [1.82, 2.24) is 0 Å². The van der Waals surface area contributed by atoms with Crippen LogP contribution in [0.5, 0.6) is 0 Å². The van der Waals surface area contributed by atoms with Gasteiger partial charge < -0.3 is 11.5 Å². The third-order valence-electron chi connectivity index (χ3n) is 4.26. The van der Waals surface area contributed by atoms with E-state index in [1.165, 1.54) is 22.3 Å². The average molecular weight is 272 g/mol. The Labute approximate surface area is 124 Å². The van der Waals surface area contributed by atoms with Gasteiger partial charge in [-0.25, -0.2) is 0 Å². The Hall–Kier alpha value is -2.74. The van der Waals surface area contributed by atoms with Crippen molar-refractivity contribution in [3.63, 3.8) is 0 Å². The molecule has 21 heavy (non-hydrogen) atoms. The van der Waals surface area contributed by atoms with Gasteiger partial charge in [-0.2, -0.15) is 0 Å². The van der Waals surface area contributed by atoms with Crippen LogP contribution >= 0.6 is 0 Å². The Balaban J connectivity index is 2.01. The van der Waals surface area contributed by atoms with Gasteiger partial charge in [-0.1, -0.05) is 54.6 Å². The molecule has 2 nitrogen and oxygen atoms in total. The molecule has 0 saturated carbocycles. The molecule has 1 aliphatic carbocycles. The van der Waals surface area contributed by atoms with E-state index in [1.807, 2.05) is 18.2 Å². The second kappa shape index (κ2) is 4.38. The third-order valence-corrected chi connectivity index (χ3v) is 4.26. The summed E-state index contributed by atoms with van der Waals surface area (Å²) in [5, 5.41) is 0. The zero-order valence-corrected chi connectivity index (χ0v) is 11.6. The van der Waals surface area contributed by atoms with E-state index in [9.17, 15) is 0 Å². The minimum Gasteiger partial charge on any atom is -0.399 e. The van der Waals surface area contributed by atoms with Gasteiger partial charge in [0.2, 0.25) is 0 Å². The topological polar surface area (TPSA) is 52.0 Å². The van der Waals surface area contributed by atoms with E-state index in [0.717, 1.165) is 11.3 Å². The monoisotopic (exact) mass is 272 g/mol. The molecular weight excluding hydrogens is 256 g/mol. The molecule has 3 aromatic rings. The Morgan fingerprint density at radius 2 is 1.19 bits per heavy atom. The lowest BCUT2D eigenvalue weighted by Gasteiger charge is -2.17. The van der Waals surface area contributed by atoms with Crippen LogP contribution in [0.25, 0.3) is 11.1 Å². The van der Waals surface area contributed by atoms with Crippen molar-refractivity contribution in [3.05, 3.63) is 83.4 Å². The lowest BCUT2D eigenvalue weighted by Crippen LogP contribution is -2.04. The molecule has 0 aliphatic heterocycles. The highest BCUT2D eigenvalue weighted by Crippen LogP contribution is 2.48. The molecule has 0 bridgehead atoms. The van der Waals surface area contributed by atoms with E-state index in [2.05, 4.69) is 48.5 Å². The highest BCUT2D eigenvalue weighted by molar-refractivity contribution is 5.82. The number of hydrogen-bond donors (Lipinski definition) is 2. The van der Waals surface area contributed by atoms with Crippen LogP contribution in [0.3, 0.4) is 0 Å². The van der Waals surface area contributed by atoms with Crippen LogP contribution in [-0.2, 0) is 0 Å². The highest BCUT2D eigenvalue weighted by atomic mass is 14.6. The Morgan fingerprint density at radius 3 is 1.76 bits per heavy atom. The predicted molar refractivity (Wildman–Crippen MR) is 88.1 cm³/mol. The Morgan fingerprint density at radius 1 is 0.619 bits per heavy atom. The van der Waals surface area contributed by atoms with E-state index >= 15 is 0 Å². The van der Waals surface area contributed by atoms with Gasteiger partial charge in [-0.3, -0.25) is 0 Å². The van der Waals surface area contributed by atoms with Gasteiger partial charge in [0.25, 0.3) is 0 Å². The van der Waals surface area contributed by atoms with Crippen LogP contribution in [0.2, 0.25) is 0 Å². The number of hydrogen-bond acceptors (Lipinski definition) is 2. The van der Waals surface area contributed by atoms with Gasteiger partial charge in [-0.15, -0.1) is 0 Å². The fraction of sp³-hybridized carbons (Fsp3) is 0.0526. The summed E-state index contributed by atoms with van der Waals surface area (Å²) >= 11 is 0. The van der Waals surface area contributed by atoms with Gasteiger partial charge in [0, 0.05) is 17.3 Å². The second-order valence-electron chi connectivity index (χ2n) is 5.50. The number of benzene rings is 3. The molecule has 0 unspecified atom stereocenters. The van der Waals surface area contributed by atoms with Gasteiger partial charge >= 0.3 is 0 Å². The molecule has 0 saturated heterocycles. The number of rotatable bonds is 1. The molecule has 2 heteroatoms. The fourth-order valence-corrected chi connectivity index (χ4v) is 3.35. The molecule has 0 atom stereocenters. The molecule has 4 N–H and O–H groups in total. The quantitative estimate of drug-likeness (QED) is 0.514. The summed E-state index contributed by atoms with van der Waals surface area (Å²) in [5.41, 5.74) is 19.9. The molecule has 3 aromatic carbocycles. The van der Waals surface area contributed by atoms with Crippen LogP contribution in [0.4, 0.5) is 11.4 Å². The summed E-state index contributed by atoms with van der Waals surface area (Å²) in [4.78, 5) is 0. The first-order valence-electron chi connectivity index (χ1n) is 7.09. The van der Waals surface area contributed by atoms with Crippen molar-refractivity contribution in [3.8, 4) is 11.1 Å². The lowest BCUT2D eigenvalue weighted by atomic mass is 9.88. The first-order valence-corrected chi connectivity index (χ1v) is 7.09. The third kappa shape index (κ3) is 1.73. The van der Waals surface area contributed by atoms with Crippen LogP contribution in [0.15, 0.2) is 66.7 Å². The van der Waals surface area contributed by atoms with Crippen molar-refractivity contribution < 1.29 is 0 Å². The maximum atomic E-state index is 6.24. The van der Waals surface area contributed by atoms with Crippen LogP contribution in [0, 0.1) is 0 Å². The molecule has 0 heterocycles. The van der Waals surface area contributed by atoms with Gasteiger partial charge in [0.15, 0.2) is 0 Å². The molecule has 0 spiro atoms. The first kappa shape index (κ1) is 12.0. The van der Waals surface area contributed by atoms with E-state index in [1.54, 1.807) is 0 Å². The molecule has 0 fully saturated rings. The molecule has 0 amide bonds. The summed E-state index contributed by atoms with van der Waals surface area (Å²) in [6.45, 7) is 0. The minimum absolute atomic E-state index is 0.193. The van der Waals surface area contributed by atoms with E-state index in [0.29, 0.717) is 5.69 Å². The van der Waals surface area contributed by atoms with Crippen LogP contribution in [0.1, 0.15) is 22.6 Å². The van der Waals surface area contributed by atoms with Crippen LogP contribution < -0.4 is 11.5 Å². The standard InChI is InChI=1S/C19H16N2/c20-12-9-10-17(18(21)11-12)19-15-7-3-1-5-13(15)14-6-2-4-8-16(14)19/h1-11,19H,20-21H2. The number of anilines is 2. The summed E-state index contributed by atoms with van der Waals surface area (Å²) in [7, 11) is 0. The average Bonchev–Trinajstić information content (AvgIpc) is 2.82.